The number of nitrogens with one attached hydrogen (secondary N) is 2. The van der Waals surface area contributed by atoms with Gasteiger partial charge in [0.15, 0.2) is 0 Å². The van der Waals surface area contributed by atoms with Gasteiger partial charge in [-0.15, -0.1) is 0 Å². The molecule has 0 atom stereocenters. The Balaban J connectivity index is 1.26. The Kier molecular flexibility index (Phi) is 7.71. The molecule has 1 aromatic heterocycles. The van der Waals surface area contributed by atoms with Crippen LogP contribution in [-0.4, -0.2) is 68.5 Å². The molecule has 0 spiro atoms. The first-order valence-corrected chi connectivity index (χ1v) is 10.9. The number of carbonyl (C=O) groups excluding carboxylic acids is 1. The van der Waals surface area contributed by atoms with Crippen molar-refractivity contribution < 1.29 is 14.3 Å². The summed E-state index contributed by atoms with van der Waals surface area (Å²) in [7, 11) is 0. The first kappa shape index (κ1) is 21.5. The molecule has 2 aromatic rings. The lowest BCUT2D eigenvalue weighted by molar-refractivity contribution is 0.0342. The second kappa shape index (κ2) is 11.1. The van der Waals surface area contributed by atoms with Crippen LogP contribution in [0.2, 0.25) is 0 Å². The van der Waals surface area contributed by atoms with Gasteiger partial charge < -0.3 is 25.0 Å². The highest BCUT2D eigenvalue weighted by Gasteiger charge is 2.16. The van der Waals surface area contributed by atoms with Gasteiger partial charge in [0.05, 0.1) is 26.4 Å². The van der Waals surface area contributed by atoms with Crippen LogP contribution in [0.1, 0.15) is 16.7 Å². The number of morpholine rings is 2. The normalized spacial score (nSPS) is 17.4. The van der Waals surface area contributed by atoms with Crippen molar-refractivity contribution in [3.8, 4) is 0 Å². The fourth-order valence-electron chi connectivity index (χ4n) is 3.90. The van der Waals surface area contributed by atoms with Crippen LogP contribution in [0.5, 0.6) is 0 Å². The number of nitrogens with zero attached hydrogens (tertiary/aromatic N) is 3. The van der Waals surface area contributed by atoms with Gasteiger partial charge in [0.25, 0.3) is 0 Å². The molecule has 2 fully saturated rings. The van der Waals surface area contributed by atoms with Crippen LogP contribution in [0, 0.1) is 0 Å². The average Bonchev–Trinajstić information content (AvgIpc) is 2.83. The molecule has 0 unspecified atom stereocenters. The number of aromatic nitrogens is 1. The van der Waals surface area contributed by atoms with Crippen LogP contribution in [0.15, 0.2) is 42.6 Å². The maximum atomic E-state index is 12.4. The van der Waals surface area contributed by atoms with Crippen LogP contribution in [0.3, 0.4) is 0 Å². The molecule has 8 heteroatoms. The van der Waals surface area contributed by atoms with Gasteiger partial charge in [-0.1, -0.05) is 30.3 Å². The monoisotopic (exact) mass is 425 g/mol. The molecule has 2 N–H and O–H groups in total. The third kappa shape index (κ3) is 6.40. The highest BCUT2D eigenvalue weighted by molar-refractivity contribution is 5.74. The Morgan fingerprint density at radius 2 is 1.61 bits per heavy atom. The van der Waals surface area contributed by atoms with Crippen molar-refractivity contribution in [2.24, 2.45) is 0 Å². The fraction of sp³-hybridized carbons (Fsp3) is 0.478. The van der Waals surface area contributed by atoms with E-state index in [0.29, 0.717) is 26.3 Å². The number of hydrogen-bond donors (Lipinski definition) is 2. The minimum Gasteiger partial charge on any atom is -0.379 e. The number of rotatable bonds is 7. The molecular formula is C23H31N5O3. The van der Waals surface area contributed by atoms with Crippen LogP contribution >= 0.6 is 0 Å². The van der Waals surface area contributed by atoms with Crippen LogP contribution in [-0.2, 0) is 29.1 Å². The quantitative estimate of drug-likeness (QED) is 0.704. The summed E-state index contributed by atoms with van der Waals surface area (Å²) in [5, 5.41) is 5.92. The molecule has 0 bridgehead atoms. The Morgan fingerprint density at radius 1 is 0.903 bits per heavy atom. The maximum Gasteiger partial charge on any atom is 0.315 e. The van der Waals surface area contributed by atoms with Crippen molar-refractivity contribution in [1.29, 1.82) is 0 Å². The Bertz CT molecular complexity index is 851. The SMILES string of the molecule is O=C(NCc1cccc(CN2CCOCC2)c1)NCc1cccnc1N1CCOCC1. The predicted molar refractivity (Wildman–Crippen MR) is 119 cm³/mol. The van der Waals surface area contributed by atoms with Gasteiger partial charge in [0.2, 0.25) is 0 Å². The highest BCUT2D eigenvalue weighted by atomic mass is 16.5. The summed E-state index contributed by atoms with van der Waals surface area (Å²) >= 11 is 0. The molecule has 2 amide bonds. The molecule has 0 radical (unpaired) electrons. The Morgan fingerprint density at radius 3 is 2.42 bits per heavy atom. The van der Waals surface area contributed by atoms with Gasteiger partial charge in [-0.05, 0) is 17.2 Å². The third-order valence-electron chi connectivity index (χ3n) is 5.57. The van der Waals surface area contributed by atoms with E-state index in [2.05, 4.69) is 43.6 Å². The largest absolute Gasteiger partial charge is 0.379 e. The summed E-state index contributed by atoms with van der Waals surface area (Å²) in [5.74, 6) is 0.918. The van der Waals surface area contributed by atoms with E-state index in [1.807, 2.05) is 18.2 Å². The molecule has 4 rings (SSSR count). The van der Waals surface area contributed by atoms with Gasteiger partial charge in [-0.25, -0.2) is 9.78 Å². The van der Waals surface area contributed by atoms with E-state index in [1.54, 1.807) is 6.20 Å². The van der Waals surface area contributed by atoms with E-state index < -0.39 is 0 Å². The minimum atomic E-state index is -0.185. The second-order valence-electron chi connectivity index (χ2n) is 7.83. The molecule has 31 heavy (non-hydrogen) atoms. The number of ether oxygens (including phenoxy) is 2. The highest BCUT2D eigenvalue weighted by Crippen LogP contribution is 2.18. The number of amides is 2. The van der Waals surface area contributed by atoms with Gasteiger partial charge in [0, 0.05) is 57.6 Å². The second-order valence-corrected chi connectivity index (χ2v) is 7.83. The zero-order valence-corrected chi connectivity index (χ0v) is 17.9. The first-order valence-electron chi connectivity index (χ1n) is 10.9. The average molecular weight is 426 g/mol. The fourth-order valence-corrected chi connectivity index (χ4v) is 3.90. The van der Waals surface area contributed by atoms with Gasteiger partial charge in [-0.3, -0.25) is 4.90 Å². The smallest absolute Gasteiger partial charge is 0.315 e. The Labute approximate surface area is 183 Å². The molecule has 2 aliphatic heterocycles. The van der Waals surface area contributed by atoms with Crippen molar-refractivity contribution in [3.63, 3.8) is 0 Å². The van der Waals surface area contributed by atoms with E-state index in [0.717, 1.165) is 62.9 Å². The number of hydrogen-bond acceptors (Lipinski definition) is 6. The van der Waals surface area contributed by atoms with Crippen LogP contribution in [0.4, 0.5) is 10.6 Å². The van der Waals surface area contributed by atoms with E-state index >= 15 is 0 Å². The molecule has 0 saturated carbocycles. The molecule has 3 heterocycles. The molecule has 2 aliphatic rings. The van der Waals surface area contributed by atoms with Crippen molar-refractivity contribution in [1.82, 2.24) is 20.5 Å². The van der Waals surface area contributed by atoms with E-state index in [-0.39, 0.29) is 6.03 Å². The summed E-state index contributed by atoms with van der Waals surface area (Å²) in [6, 6.07) is 12.1. The van der Waals surface area contributed by atoms with Crippen LogP contribution < -0.4 is 15.5 Å². The number of pyridine rings is 1. The van der Waals surface area contributed by atoms with E-state index in [1.165, 1.54) is 5.56 Å². The molecule has 8 nitrogen and oxygen atoms in total. The maximum absolute atomic E-state index is 12.4. The number of urea groups is 1. The number of benzene rings is 1. The topological polar surface area (TPSA) is 79.0 Å². The van der Waals surface area contributed by atoms with Crippen molar-refractivity contribution in [2.75, 3.05) is 57.5 Å². The molecule has 0 aliphatic carbocycles. The first-order chi connectivity index (χ1) is 15.3. The molecule has 2 saturated heterocycles. The lowest BCUT2D eigenvalue weighted by atomic mass is 10.1. The number of carbonyl (C=O) groups is 1. The van der Waals surface area contributed by atoms with E-state index in [4.69, 9.17) is 9.47 Å². The molecule has 166 valence electrons. The summed E-state index contributed by atoms with van der Waals surface area (Å²) in [6.07, 6.45) is 1.79. The third-order valence-corrected chi connectivity index (χ3v) is 5.57. The predicted octanol–water partition coefficient (Wildman–Crippen LogP) is 1.75. The summed E-state index contributed by atoms with van der Waals surface area (Å²) in [5.41, 5.74) is 3.36. The standard InChI is InChI=1S/C23H31N5O3/c29-23(26-17-21-5-2-6-24-22(21)28-9-13-31-14-10-28)25-16-19-3-1-4-20(15-19)18-27-7-11-30-12-8-27/h1-6,15H,7-14,16-18H2,(H2,25,26,29). The Hall–Kier alpha value is -2.68. The molecule has 1 aromatic carbocycles. The van der Waals surface area contributed by atoms with Gasteiger partial charge in [0.1, 0.15) is 5.82 Å². The summed E-state index contributed by atoms with van der Waals surface area (Å²) in [6.45, 7) is 8.40. The number of anilines is 1. The summed E-state index contributed by atoms with van der Waals surface area (Å²) in [4.78, 5) is 21.5. The van der Waals surface area contributed by atoms with Crippen molar-refractivity contribution in [2.45, 2.75) is 19.6 Å². The van der Waals surface area contributed by atoms with Crippen molar-refractivity contribution >= 4 is 11.8 Å². The lowest BCUT2D eigenvalue weighted by Crippen LogP contribution is -2.38. The zero-order valence-electron chi connectivity index (χ0n) is 17.9. The van der Waals surface area contributed by atoms with Gasteiger partial charge >= 0.3 is 6.03 Å². The van der Waals surface area contributed by atoms with Crippen molar-refractivity contribution in [3.05, 3.63) is 59.3 Å². The zero-order chi connectivity index (χ0) is 21.3. The van der Waals surface area contributed by atoms with E-state index in [9.17, 15) is 4.79 Å². The molecular weight excluding hydrogens is 394 g/mol. The summed E-state index contributed by atoms with van der Waals surface area (Å²) < 4.78 is 10.8. The van der Waals surface area contributed by atoms with Gasteiger partial charge in [-0.2, -0.15) is 0 Å². The lowest BCUT2D eigenvalue weighted by Gasteiger charge is -2.29. The van der Waals surface area contributed by atoms with Crippen LogP contribution in [0.25, 0.3) is 0 Å². The minimum absolute atomic E-state index is 0.185.